The van der Waals surface area contributed by atoms with Gasteiger partial charge in [0.05, 0.1) is 12.0 Å². The molecule has 0 unspecified atom stereocenters. The lowest BCUT2D eigenvalue weighted by Gasteiger charge is -2.16. The minimum absolute atomic E-state index is 0.116. The van der Waals surface area contributed by atoms with Crippen molar-refractivity contribution in [1.82, 2.24) is 15.6 Å². The number of H-pyrrole nitrogens is 1. The van der Waals surface area contributed by atoms with Crippen LogP contribution in [0.2, 0.25) is 0 Å². The van der Waals surface area contributed by atoms with E-state index in [0.717, 1.165) is 6.54 Å². The van der Waals surface area contributed by atoms with E-state index in [9.17, 15) is 9.59 Å². The van der Waals surface area contributed by atoms with Crippen LogP contribution in [0, 0.1) is 0 Å². The Bertz CT molecular complexity index is 729. The fraction of sp³-hybridized carbons (Fsp3) is 0.474. The minimum atomic E-state index is -0.414. The molecule has 1 amide bonds. The van der Waals surface area contributed by atoms with Gasteiger partial charge in [-0.25, -0.2) is 0 Å². The fourth-order valence-corrected chi connectivity index (χ4v) is 3.26. The van der Waals surface area contributed by atoms with E-state index in [1.165, 1.54) is 50.9 Å². The van der Waals surface area contributed by atoms with E-state index in [-0.39, 0.29) is 11.5 Å². The predicted octanol–water partition coefficient (Wildman–Crippen LogP) is 2.68. The Balaban J connectivity index is 1.49. The molecule has 0 bridgehead atoms. The summed E-state index contributed by atoms with van der Waals surface area (Å²) in [6, 6.07) is 7.26. The van der Waals surface area contributed by atoms with Gasteiger partial charge in [0.2, 0.25) is 0 Å². The first kappa shape index (κ1) is 17.5. The molecule has 134 valence electrons. The number of aromatic nitrogens is 1. The Kier molecular flexibility index (Phi) is 6.06. The highest BCUT2D eigenvalue weighted by atomic mass is 16.3. The number of pyridine rings is 1. The number of rotatable bonds is 6. The van der Waals surface area contributed by atoms with Crippen LogP contribution in [0.15, 0.2) is 39.7 Å². The van der Waals surface area contributed by atoms with E-state index in [1.807, 2.05) is 0 Å². The first-order valence-electron chi connectivity index (χ1n) is 9.03. The van der Waals surface area contributed by atoms with Crippen LogP contribution < -0.4 is 16.2 Å². The third kappa shape index (κ3) is 4.82. The van der Waals surface area contributed by atoms with Gasteiger partial charge in [-0.15, -0.1) is 0 Å². The molecule has 0 spiro atoms. The molecule has 6 heteroatoms. The van der Waals surface area contributed by atoms with Crippen molar-refractivity contribution in [3.8, 4) is 11.5 Å². The summed E-state index contributed by atoms with van der Waals surface area (Å²) < 4.78 is 5.24. The van der Waals surface area contributed by atoms with Crippen molar-refractivity contribution in [2.45, 2.75) is 44.6 Å². The van der Waals surface area contributed by atoms with Crippen molar-refractivity contribution < 1.29 is 9.21 Å². The van der Waals surface area contributed by atoms with Crippen LogP contribution >= 0.6 is 0 Å². The van der Waals surface area contributed by atoms with Gasteiger partial charge in [-0.2, -0.15) is 0 Å². The number of carbonyl (C=O) groups excluding carboxylic acids is 1. The van der Waals surface area contributed by atoms with Gasteiger partial charge in [-0.1, -0.05) is 25.7 Å². The lowest BCUT2D eigenvalue weighted by Crippen LogP contribution is -2.38. The summed E-state index contributed by atoms with van der Waals surface area (Å²) in [6.45, 7) is 1.23. The lowest BCUT2D eigenvalue weighted by atomic mass is 10.1. The number of aromatic amines is 1. The van der Waals surface area contributed by atoms with Gasteiger partial charge in [0.1, 0.15) is 11.3 Å². The number of furan rings is 1. The normalized spacial score (nSPS) is 15.7. The van der Waals surface area contributed by atoms with Crippen LogP contribution in [0.1, 0.15) is 48.9 Å². The molecule has 0 saturated heterocycles. The lowest BCUT2D eigenvalue weighted by molar-refractivity contribution is 0.0952. The topological polar surface area (TPSA) is 87.1 Å². The summed E-state index contributed by atoms with van der Waals surface area (Å²) in [5.41, 5.74) is 0.259. The summed E-state index contributed by atoms with van der Waals surface area (Å²) in [5, 5.41) is 6.30. The maximum Gasteiger partial charge on any atom is 0.261 e. The molecule has 1 fully saturated rings. The molecule has 1 aliphatic carbocycles. The van der Waals surface area contributed by atoms with Crippen LogP contribution in [0.4, 0.5) is 0 Å². The van der Waals surface area contributed by atoms with Gasteiger partial charge < -0.3 is 20.0 Å². The number of amides is 1. The van der Waals surface area contributed by atoms with Crippen LogP contribution in [-0.2, 0) is 0 Å². The number of carbonyl (C=O) groups is 1. The summed E-state index contributed by atoms with van der Waals surface area (Å²) in [5.74, 6) is 0.214. The maximum absolute atomic E-state index is 12.2. The summed E-state index contributed by atoms with van der Waals surface area (Å²) in [6.07, 6.45) is 9.17. The van der Waals surface area contributed by atoms with E-state index in [0.29, 0.717) is 24.0 Å². The second-order valence-electron chi connectivity index (χ2n) is 6.49. The van der Waals surface area contributed by atoms with E-state index in [4.69, 9.17) is 4.42 Å². The first-order valence-corrected chi connectivity index (χ1v) is 9.03. The van der Waals surface area contributed by atoms with E-state index in [2.05, 4.69) is 15.6 Å². The van der Waals surface area contributed by atoms with Crippen molar-refractivity contribution in [2.24, 2.45) is 0 Å². The van der Waals surface area contributed by atoms with Gasteiger partial charge in [-0.3, -0.25) is 9.59 Å². The molecule has 6 nitrogen and oxygen atoms in total. The summed E-state index contributed by atoms with van der Waals surface area (Å²) >= 11 is 0. The second-order valence-corrected chi connectivity index (χ2v) is 6.49. The molecule has 2 aromatic heterocycles. The standard InChI is InChI=1S/C19H25N3O3/c23-18(21-12-11-20-14-6-3-1-2-4-7-14)15-9-10-16(22-19(15)24)17-8-5-13-25-17/h5,8-10,13-14,20H,1-4,6-7,11-12H2,(H,21,23)(H,22,24). The molecular formula is C19H25N3O3. The first-order chi connectivity index (χ1) is 12.2. The minimum Gasteiger partial charge on any atom is -0.463 e. The molecular weight excluding hydrogens is 318 g/mol. The molecule has 3 rings (SSSR count). The average Bonchev–Trinajstić information content (AvgIpc) is 3.03. The molecule has 25 heavy (non-hydrogen) atoms. The highest BCUT2D eigenvalue weighted by molar-refractivity contribution is 5.94. The Morgan fingerprint density at radius 3 is 2.60 bits per heavy atom. The van der Waals surface area contributed by atoms with Crippen molar-refractivity contribution in [1.29, 1.82) is 0 Å². The predicted molar refractivity (Wildman–Crippen MR) is 96.6 cm³/mol. The second kappa shape index (κ2) is 8.67. The van der Waals surface area contributed by atoms with Crippen LogP contribution in [0.3, 0.4) is 0 Å². The maximum atomic E-state index is 12.2. The molecule has 0 aromatic carbocycles. The van der Waals surface area contributed by atoms with Crippen molar-refractivity contribution in [3.63, 3.8) is 0 Å². The van der Waals surface area contributed by atoms with E-state index in [1.54, 1.807) is 18.2 Å². The summed E-state index contributed by atoms with van der Waals surface area (Å²) in [4.78, 5) is 27.0. The highest BCUT2D eigenvalue weighted by Gasteiger charge is 2.13. The van der Waals surface area contributed by atoms with Gasteiger partial charge in [0.15, 0.2) is 0 Å². The number of hydrogen-bond acceptors (Lipinski definition) is 4. The zero-order valence-electron chi connectivity index (χ0n) is 14.3. The van der Waals surface area contributed by atoms with E-state index >= 15 is 0 Å². The van der Waals surface area contributed by atoms with Gasteiger partial charge in [0, 0.05) is 19.1 Å². The molecule has 2 aromatic rings. The van der Waals surface area contributed by atoms with Gasteiger partial charge in [-0.05, 0) is 37.1 Å². The smallest absolute Gasteiger partial charge is 0.261 e. The third-order valence-corrected chi connectivity index (χ3v) is 4.64. The van der Waals surface area contributed by atoms with Crippen LogP contribution in [-0.4, -0.2) is 30.0 Å². The molecule has 1 saturated carbocycles. The molecule has 2 heterocycles. The van der Waals surface area contributed by atoms with Crippen molar-refractivity contribution >= 4 is 5.91 Å². The quantitative estimate of drug-likeness (QED) is 0.556. The third-order valence-electron chi connectivity index (χ3n) is 4.64. The Morgan fingerprint density at radius 1 is 1.12 bits per heavy atom. The molecule has 0 atom stereocenters. The van der Waals surface area contributed by atoms with Crippen molar-refractivity contribution in [3.05, 3.63) is 46.4 Å². The Morgan fingerprint density at radius 2 is 1.92 bits per heavy atom. The molecule has 0 aliphatic heterocycles. The number of hydrogen-bond donors (Lipinski definition) is 3. The number of nitrogens with one attached hydrogen (secondary N) is 3. The zero-order chi connectivity index (χ0) is 17.5. The Labute approximate surface area is 147 Å². The largest absolute Gasteiger partial charge is 0.463 e. The van der Waals surface area contributed by atoms with Crippen LogP contribution in [0.25, 0.3) is 11.5 Å². The van der Waals surface area contributed by atoms with Crippen LogP contribution in [0.5, 0.6) is 0 Å². The van der Waals surface area contributed by atoms with E-state index < -0.39 is 5.56 Å². The highest BCUT2D eigenvalue weighted by Crippen LogP contribution is 2.17. The molecule has 1 aliphatic rings. The van der Waals surface area contributed by atoms with Gasteiger partial charge >= 0.3 is 0 Å². The molecule has 0 radical (unpaired) electrons. The monoisotopic (exact) mass is 343 g/mol. The van der Waals surface area contributed by atoms with Gasteiger partial charge in [0.25, 0.3) is 11.5 Å². The Hall–Kier alpha value is -2.34. The fourth-order valence-electron chi connectivity index (χ4n) is 3.26. The molecule has 3 N–H and O–H groups in total. The SMILES string of the molecule is O=C(NCCNC1CCCCCC1)c1ccc(-c2ccco2)[nH]c1=O. The average molecular weight is 343 g/mol. The van der Waals surface area contributed by atoms with Crippen molar-refractivity contribution in [2.75, 3.05) is 13.1 Å². The summed E-state index contributed by atoms with van der Waals surface area (Å²) in [7, 11) is 0. The zero-order valence-corrected chi connectivity index (χ0v) is 14.3.